The first-order chi connectivity index (χ1) is 12.9. The maximum atomic E-state index is 12.5. The minimum atomic E-state index is -0.498. The Morgan fingerprint density at radius 3 is 2.04 bits per heavy atom. The molecule has 0 aromatic heterocycles. The van der Waals surface area contributed by atoms with Gasteiger partial charge in [0, 0.05) is 31.3 Å². The minimum Gasteiger partial charge on any atom is -0.493 e. The van der Waals surface area contributed by atoms with E-state index < -0.39 is 4.92 Å². The Morgan fingerprint density at radius 1 is 1.04 bits per heavy atom. The van der Waals surface area contributed by atoms with Crippen LogP contribution in [0.4, 0.5) is 5.69 Å². The summed E-state index contributed by atoms with van der Waals surface area (Å²) in [5.74, 6) is 1.41. The van der Waals surface area contributed by atoms with Crippen molar-refractivity contribution < 1.29 is 23.9 Å². The number of carbonyl (C=O) groups is 1. The highest BCUT2D eigenvalue weighted by atomic mass is 16.6. The summed E-state index contributed by atoms with van der Waals surface area (Å²) in [5, 5.41) is 10.7. The van der Waals surface area contributed by atoms with E-state index in [2.05, 4.69) is 0 Å². The van der Waals surface area contributed by atoms with Gasteiger partial charge in [-0.3, -0.25) is 14.9 Å². The lowest BCUT2D eigenvalue weighted by Crippen LogP contribution is -2.28. The van der Waals surface area contributed by atoms with Gasteiger partial charge >= 0.3 is 0 Å². The third-order valence-electron chi connectivity index (χ3n) is 4.13. The maximum absolute atomic E-state index is 12.5. The van der Waals surface area contributed by atoms with Crippen LogP contribution in [0.1, 0.15) is 15.9 Å². The van der Waals surface area contributed by atoms with E-state index in [0.29, 0.717) is 35.8 Å². The van der Waals surface area contributed by atoms with Crippen LogP contribution in [0.3, 0.4) is 0 Å². The molecule has 0 radical (unpaired) electrons. The molecule has 0 aliphatic heterocycles. The Balaban J connectivity index is 2.09. The minimum absolute atomic E-state index is 0.0494. The number of rotatable bonds is 8. The standard InChI is InChI=1S/C19H22N2O6/c1-20(19(22)14-5-7-15(8-6-14)21(23)24)10-9-13-11-16(25-2)18(27-4)17(12-13)26-3/h5-8,11-12H,9-10H2,1-4H3. The molecule has 1 amide bonds. The average Bonchev–Trinajstić information content (AvgIpc) is 2.70. The summed E-state index contributed by atoms with van der Waals surface area (Å²) in [4.78, 5) is 24.2. The number of likely N-dealkylation sites (N-methyl/N-ethyl adjacent to an activating group) is 1. The number of amides is 1. The lowest BCUT2D eigenvalue weighted by Gasteiger charge is -2.18. The zero-order chi connectivity index (χ0) is 20.0. The number of nitrogens with zero attached hydrogens (tertiary/aromatic N) is 2. The van der Waals surface area contributed by atoms with Crippen LogP contribution in [-0.4, -0.2) is 50.7 Å². The van der Waals surface area contributed by atoms with Crippen LogP contribution < -0.4 is 14.2 Å². The van der Waals surface area contributed by atoms with Crippen molar-refractivity contribution in [3.8, 4) is 17.2 Å². The summed E-state index contributed by atoms with van der Waals surface area (Å²) in [6, 6.07) is 9.23. The van der Waals surface area contributed by atoms with Crippen molar-refractivity contribution in [3.63, 3.8) is 0 Å². The Morgan fingerprint density at radius 2 is 1.59 bits per heavy atom. The molecule has 0 fully saturated rings. The fourth-order valence-electron chi connectivity index (χ4n) is 2.62. The topological polar surface area (TPSA) is 91.1 Å². The Kier molecular flexibility index (Phi) is 6.59. The van der Waals surface area contributed by atoms with Gasteiger partial charge in [0.25, 0.3) is 11.6 Å². The van der Waals surface area contributed by atoms with Gasteiger partial charge in [0.05, 0.1) is 26.3 Å². The normalized spacial score (nSPS) is 10.2. The van der Waals surface area contributed by atoms with Crippen molar-refractivity contribution in [1.82, 2.24) is 4.90 Å². The molecule has 2 rings (SSSR count). The highest BCUT2D eigenvalue weighted by Gasteiger charge is 2.16. The van der Waals surface area contributed by atoms with Crippen molar-refractivity contribution in [2.45, 2.75) is 6.42 Å². The Hall–Kier alpha value is -3.29. The van der Waals surface area contributed by atoms with Crippen LogP contribution in [0.2, 0.25) is 0 Å². The van der Waals surface area contributed by atoms with Crippen molar-refractivity contribution in [3.05, 3.63) is 57.6 Å². The molecule has 0 heterocycles. The largest absolute Gasteiger partial charge is 0.493 e. The quantitative estimate of drug-likeness (QED) is 0.521. The van der Waals surface area contributed by atoms with E-state index in [0.717, 1.165) is 5.56 Å². The number of benzene rings is 2. The van der Waals surface area contributed by atoms with Crippen LogP contribution in [0.5, 0.6) is 17.2 Å². The molecule has 0 unspecified atom stereocenters. The van der Waals surface area contributed by atoms with E-state index in [1.54, 1.807) is 26.2 Å². The van der Waals surface area contributed by atoms with Gasteiger partial charge in [-0.05, 0) is 36.2 Å². The molecule has 0 spiro atoms. The van der Waals surface area contributed by atoms with Crippen LogP contribution in [0.25, 0.3) is 0 Å². The second-order valence-corrected chi connectivity index (χ2v) is 5.81. The molecule has 0 N–H and O–H groups in total. The molecule has 0 saturated carbocycles. The van der Waals surface area contributed by atoms with E-state index in [-0.39, 0.29) is 11.6 Å². The zero-order valence-electron chi connectivity index (χ0n) is 15.7. The van der Waals surface area contributed by atoms with Gasteiger partial charge in [-0.15, -0.1) is 0 Å². The zero-order valence-corrected chi connectivity index (χ0v) is 15.7. The van der Waals surface area contributed by atoms with Crippen molar-refractivity contribution in [2.24, 2.45) is 0 Å². The fourth-order valence-corrected chi connectivity index (χ4v) is 2.62. The maximum Gasteiger partial charge on any atom is 0.269 e. The summed E-state index contributed by atoms with van der Waals surface area (Å²) in [6.07, 6.45) is 0.575. The number of carbonyl (C=O) groups excluding carboxylic acids is 1. The van der Waals surface area contributed by atoms with Gasteiger partial charge in [0.2, 0.25) is 5.75 Å². The summed E-state index contributed by atoms with van der Waals surface area (Å²) >= 11 is 0. The molecule has 8 heteroatoms. The first kappa shape index (κ1) is 20.0. The molecule has 0 aliphatic rings. The number of nitro benzene ring substituents is 1. The monoisotopic (exact) mass is 374 g/mol. The van der Waals surface area contributed by atoms with Crippen LogP contribution >= 0.6 is 0 Å². The highest BCUT2D eigenvalue weighted by Crippen LogP contribution is 2.38. The van der Waals surface area contributed by atoms with Gasteiger partial charge in [-0.1, -0.05) is 0 Å². The number of nitro groups is 1. The Labute approximate surface area is 157 Å². The number of ether oxygens (including phenoxy) is 3. The second kappa shape index (κ2) is 8.88. The third kappa shape index (κ3) is 4.66. The molecule has 8 nitrogen and oxygen atoms in total. The molecular weight excluding hydrogens is 352 g/mol. The SMILES string of the molecule is COc1cc(CCN(C)C(=O)c2ccc([N+](=O)[O-])cc2)cc(OC)c1OC. The lowest BCUT2D eigenvalue weighted by molar-refractivity contribution is -0.384. The van der Waals surface area contributed by atoms with Crippen LogP contribution in [0.15, 0.2) is 36.4 Å². The van der Waals surface area contributed by atoms with E-state index in [4.69, 9.17) is 14.2 Å². The molecular formula is C19H22N2O6. The Bertz CT molecular complexity index is 794. The molecule has 27 heavy (non-hydrogen) atoms. The van der Waals surface area contributed by atoms with E-state index in [9.17, 15) is 14.9 Å². The fraction of sp³-hybridized carbons (Fsp3) is 0.316. The van der Waals surface area contributed by atoms with Gasteiger partial charge in [-0.2, -0.15) is 0 Å². The summed E-state index contributed by atoms with van der Waals surface area (Å²) in [7, 11) is 6.31. The smallest absolute Gasteiger partial charge is 0.269 e. The number of non-ortho nitro benzene ring substituents is 1. The van der Waals surface area contributed by atoms with Crippen LogP contribution in [-0.2, 0) is 6.42 Å². The van der Waals surface area contributed by atoms with Crippen molar-refractivity contribution >= 4 is 11.6 Å². The van der Waals surface area contributed by atoms with E-state index >= 15 is 0 Å². The number of methoxy groups -OCH3 is 3. The number of hydrogen-bond acceptors (Lipinski definition) is 6. The second-order valence-electron chi connectivity index (χ2n) is 5.81. The predicted molar refractivity (Wildman–Crippen MR) is 99.9 cm³/mol. The molecule has 0 bridgehead atoms. The van der Waals surface area contributed by atoms with E-state index in [1.165, 1.54) is 31.4 Å². The van der Waals surface area contributed by atoms with Gasteiger partial charge < -0.3 is 19.1 Å². The average molecular weight is 374 g/mol. The molecule has 2 aromatic carbocycles. The summed E-state index contributed by atoms with van der Waals surface area (Å²) < 4.78 is 16.0. The summed E-state index contributed by atoms with van der Waals surface area (Å²) in [6.45, 7) is 0.453. The van der Waals surface area contributed by atoms with Gasteiger partial charge in [-0.25, -0.2) is 0 Å². The predicted octanol–water partition coefficient (Wildman–Crippen LogP) is 2.94. The molecule has 2 aromatic rings. The van der Waals surface area contributed by atoms with Gasteiger partial charge in [0.1, 0.15) is 0 Å². The molecule has 0 atom stereocenters. The first-order valence-corrected chi connectivity index (χ1v) is 8.20. The van der Waals surface area contributed by atoms with Crippen molar-refractivity contribution in [1.29, 1.82) is 0 Å². The third-order valence-corrected chi connectivity index (χ3v) is 4.13. The molecule has 0 saturated heterocycles. The van der Waals surface area contributed by atoms with Gasteiger partial charge in [0.15, 0.2) is 11.5 Å². The summed E-state index contributed by atoms with van der Waals surface area (Å²) in [5.41, 5.74) is 1.27. The van der Waals surface area contributed by atoms with Crippen molar-refractivity contribution in [2.75, 3.05) is 34.9 Å². The van der Waals surface area contributed by atoms with E-state index in [1.807, 2.05) is 12.1 Å². The highest BCUT2D eigenvalue weighted by molar-refractivity contribution is 5.94. The van der Waals surface area contributed by atoms with Crippen LogP contribution in [0, 0.1) is 10.1 Å². The molecule has 0 aliphatic carbocycles. The lowest BCUT2D eigenvalue weighted by atomic mass is 10.1. The first-order valence-electron chi connectivity index (χ1n) is 8.20. The number of hydrogen-bond donors (Lipinski definition) is 0. The molecule has 144 valence electrons.